The highest BCUT2D eigenvalue weighted by molar-refractivity contribution is 9.10. The van der Waals surface area contributed by atoms with E-state index in [9.17, 15) is 0 Å². The molecule has 1 aromatic carbocycles. The molecule has 0 radical (unpaired) electrons. The van der Waals surface area contributed by atoms with Gasteiger partial charge in [0.2, 0.25) is 0 Å². The van der Waals surface area contributed by atoms with E-state index in [1.165, 1.54) is 4.90 Å². The topological polar surface area (TPSA) is 12.9 Å². The van der Waals surface area contributed by atoms with Gasteiger partial charge in [0.05, 0.1) is 0 Å². The molecule has 3 heteroatoms. The lowest BCUT2D eigenvalue weighted by Gasteiger charge is -2.00. The first-order valence-electron chi connectivity index (χ1n) is 4.19. The predicted octanol–water partition coefficient (Wildman–Crippen LogP) is 4.00. The molecule has 1 aromatic heterocycles. The first-order chi connectivity index (χ1) is 6.84. The molecule has 0 bridgehead atoms. The second kappa shape index (κ2) is 4.62. The maximum Gasteiger partial charge on any atom is 0.106 e. The van der Waals surface area contributed by atoms with E-state index in [0.29, 0.717) is 0 Å². The number of nitrogens with zero attached hydrogens (tertiary/aromatic N) is 1. The fourth-order valence-corrected chi connectivity index (χ4v) is 2.09. The van der Waals surface area contributed by atoms with E-state index in [1.807, 2.05) is 30.5 Å². The molecule has 2 aromatic rings. The molecule has 0 atom stereocenters. The summed E-state index contributed by atoms with van der Waals surface area (Å²) in [6, 6.07) is 14.3. The van der Waals surface area contributed by atoms with Crippen molar-refractivity contribution in [2.45, 2.75) is 9.79 Å². The van der Waals surface area contributed by atoms with Crippen LogP contribution in [0.4, 0.5) is 0 Å². The first-order valence-corrected chi connectivity index (χ1v) is 5.80. The molecule has 1 nitrogen and oxygen atoms in total. The van der Waals surface area contributed by atoms with Gasteiger partial charge in [-0.1, -0.05) is 30.0 Å². The van der Waals surface area contributed by atoms with Crippen LogP contribution in [0.2, 0.25) is 0 Å². The molecule has 0 fully saturated rings. The van der Waals surface area contributed by atoms with Crippen LogP contribution in [0.15, 0.2) is 63.1 Å². The van der Waals surface area contributed by atoms with Crippen LogP contribution in [0.3, 0.4) is 0 Å². The Hall–Kier alpha value is -0.800. The van der Waals surface area contributed by atoms with E-state index in [4.69, 9.17) is 0 Å². The van der Waals surface area contributed by atoms with Gasteiger partial charge in [0.1, 0.15) is 4.60 Å². The van der Waals surface area contributed by atoms with Crippen molar-refractivity contribution in [2.24, 2.45) is 0 Å². The standard InChI is InChI=1S/C11H8BrNS/c12-11-7-6-10(8-13-11)14-9-4-2-1-3-5-9/h1-8H. The van der Waals surface area contributed by atoms with Crippen LogP contribution >= 0.6 is 27.7 Å². The van der Waals surface area contributed by atoms with Crippen LogP contribution in [-0.2, 0) is 0 Å². The zero-order chi connectivity index (χ0) is 9.80. The SMILES string of the molecule is Brc1ccc(Sc2ccccc2)cn1. The molecule has 70 valence electrons. The molecule has 0 saturated heterocycles. The summed E-state index contributed by atoms with van der Waals surface area (Å²) in [5, 5.41) is 0. The normalized spacial score (nSPS) is 10.1. The number of halogens is 1. The zero-order valence-corrected chi connectivity index (χ0v) is 9.75. The molecule has 0 aliphatic rings. The Balaban J connectivity index is 2.16. The van der Waals surface area contributed by atoms with Crippen molar-refractivity contribution in [3.8, 4) is 0 Å². The molecule has 0 spiro atoms. The lowest BCUT2D eigenvalue weighted by atomic mass is 10.4. The number of aromatic nitrogens is 1. The fraction of sp³-hybridized carbons (Fsp3) is 0. The van der Waals surface area contributed by atoms with Crippen molar-refractivity contribution < 1.29 is 0 Å². The van der Waals surface area contributed by atoms with E-state index in [1.54, 1.807) is 11.8 Å². The molecule has 0 aliphatic heterocycles. The van der Waals surface area contributed by atoms with Crippen molar-refractivity contribution in [1.82, 2.24) is 4.98 Å². The molecule has 0 saturated carbocycles. The third kappa shape index (κ3) is 2.59. The van der Waals surface area contributed by atoms with E-state index < -0.39 is 0 Å². The smallest absolute Gasteiger partial charge is 0.106 e. The van der Waals surface area contributed by atoms with Crippen LogP contribution in [-0.4, -0.2) is 4.98 Å². The Morgan fingerprint density at radius 3 is 2.36 bits per heavy atom. The van der Waals surface area contributed by atoms with Gasteiger partial charge in [0.15, 0.2) is 0 Å². The van der Waals surface area contributed by atoms with Crippen LogP contribution < -0.4 is 0 Å². The Labute approximate surface area is 95.7 Å². The molecule has 0 N–H and O–H groups in total. The molecular formula is C11H8BrNS. The van der Waals surface area contributed by atoms with E-state index >= 15 is 0 Å². The lowest BCUT2D eigenvalue weighted by molar-refractivity contribution is 1.20. The highest BCUT2D eigenvalue weighted by Crippen LogP contribution is 2.26. The van der Waals surface area contributed by atoms with Crippen LogP contribution in [0.25, 0.3) is 0 Å². The summed E-state index contributed by atoms with van der Waals surface area (Å²) in [6.45, 7) is 0. The van der Waals surface area contributed by atoms with E-state index in [-0.39, 0.29) is 0 Å². The summed E-state index contributed by atoms with van der Waals surface area (Å²) in [5.74, 6) is 0. The van der Waals surface area contributed by atoms with Gasteiger partial charge < -0.3 is 0 Å². The molecule has 14 heavy (non-hydrogen) atoms. The second-order valence-corrected chi connectivity index (χ2v) is 4.69. The third-order valence-corrected chi connectivity index (χ3v) is 3.13. The minimum atomic E-state index is 0.870. The minimum absolute atomic E-state index is 0.870. The van der Waals surface area contributed by atoms with Gasteiger partial charge >= 0.3 is 0 Å². The van der Waals surface area contributed by atoms with Gasteiger partial charge in [-0.15, -0.1) is 0 Å². The maximum atomic E-state index is 4.17. The van der Waals surface area contributed by atoms with Crippen molar-refractivity contribution >= 4 is 27.7 Å². The third-order valence-electron chi connectivity index (χ3n) is 1.68. The van der Waals surface area contributed by atoms with E-state index in [2.05, 4.69) is 39.1 Å². The highest BCUT2D eigenvalue weighted by Gasteiger charge is 1.96. The summed E-state index contributed by atoms with van der Waals surface area (Å²) in [5.41, 5.74) is 0. The maximum absolute atomic E-state index is 4.17. The zero-order valence-electron chi connectivity index (χ0n) is 7.35. The lowest BCUT2D eigenvalue weighted by Crippen LogP contribution is -1.76. The molecule has 1 heterocycles. The largest absolute Gasteiger partial charge is 0.248 e. The van der Waals surface area contributed by atoms with Gasteiger partial charge in [-0.3, -0.25) is 0 Å². The van der Waals surface area contributed by atoms with Crippen molar-refractivity contribution in [1.29, 1.82) is 0 Å². The molecule has 2 rings (SSSR count). The number of hydrogen-bond acceptors (Lipinski definition) is 2. The summed E-state index contributed by atoms with van der Waals surface area (Å²) >= 11 is 5.02. The van der Waals surface area contributed by atoms with Crippen molar-refractivity contribution in [3.05, 3.63) is 53.3 Å². The quantitative estimate of drug-likeness (QED) is 0.762. The van der Waals surface area contributed by atoms with Gasteiger partial charge in [-0.25, -0.2) is 4.98 Å². The monoisotopic (exact) mass is 265 g/mol. The Morgan fingerprint density at radius 1 is 0.929 bits per heavy atom. The van der Waals surface area contributed by atoms with Crippen LogP contribution in [0.1, 0.15) is 0 Å². The minimum Gasteiger partial charge on any atom is -0.248 e. The van der Waals surface area contributed by atoms with Crippen LogP contribution in [0, 0.1) is 0 Å². The van der Waals surface area contributed by atoms with Gasteiger partial charge in [-0.2, -0.15) is 0 Å². The Morgan fingerprint density at radius 2 is 1.71 bits per heavy atom. The number of benzene rings is 1. The average Bonchev–Trinajstić information content (AvgIpc) is 2.23. The summed E-state index contributed by atoms with van der Waals surface area (Å²) in [4.78, 5) is 6.56. The molecule has 0 aliphatic carbocycles. The summed E-state index contributed by atoms with van der Waals surface area (Å²) in [6.07, 6.45) is 1.86. The summed E-state index contributed by atoms with van der Waals surface area (Å²) < 4.78 is 0.870. The van der Waals surface area contributed by atoms with Crippen molar-refractivity contribution in [3.63, 3.8) is 0 Å². The molecular weight excluding hydrogens is 258 g/mol. The van der Waals surface area contributed by atoms with Gasteiger partial charge in [0, 0.05) is 16.0 Å². The van der Waals surface area contributed by atoms with Gasteiger partial charge in [0.25, 0.3) is 0 Å². The molecule has 0 unspecified atom stereocenters. The fourth-order valence-electron chi connectivity index (χ4n) is 1.05. The molecule has 0 amide bonds. The van der Waals surface area contributed by atoms with E-state index in [0.717, 1.165) is 9.50 Å². The predicted molar refractivity (Wildman–Crippen MR) is 62.5 cm³/mol. The number of hydrogen-bond donors (Lipinski definition) is 0. The van der Waals surface area contributed by atoms with Crippen LogP contribution in [0.5, 0.6) is 0 Å². The Bertz CT molecular complexity index is 399. The van der Waals surface area contributed by atoms with Gasteiger partial charge in [-0.05, 0) is 40.2 Å². The Kier molecular flexibility index (Phi) is 3.22. The number of rotatable bonds is 2. The first kappa shape index (κ1) is 9.74. The second-order valence-electron chi connectivity index (χ2n) is 2.73. The number of pyridine rings is 1. The van der Waals surface area contributed by atoms with Crippen molar-refractivity contribution in [2.75, 3.05) is 0 Å². The average molecular weight is 266 g/mol. The summed E-state index contributed by atoms with van der Waals surface area (Å²) in [7, 11) is 0. The highest BCUT2D eigenvalue weighted by atomic mass is 79.9.